The number of nitrogens with zero attached hydrogens (tertiary/aromatic N) is 4. The van der Waals surface area contributed by atoms with E-state index in [-0.39, 0.29) is 16.6 Å². The summed E-state index contributed by atoms with van der Waals surface area (Å²) >= 11 is 0. The second-order valence-corrected chi connectivity index (χ2v) is 17.0. The van der Waals surface area contributed by atoms with Gasteiger partial charge in [-0.25, -0.2) is 31.9 Å². The number of alkyl halides is 3. The number of aromatic nitrogens is 4. The zero-order valence-corrected chi connectivity index (χ0v) is 36.8. The lowest BCUT2D eigenvalue weighted by molar-refractivity contribution is -0.137. The standard InChI is InChI=1S/C59H32F8N4/c60-54-53(55(61)57(63)58(64)56(54)62)41-31-52(71-48-24-10-8-18-38(48)40-30-36(26-28-50(40)71)46-22-12-20-44(69-46)34-15-5-2-6-16-34)42(59(65,66)67)32-51(41)70-47-23-9-7-17-37(47)39-29-35(25-27-49(39)70)45-21-11-19-43(68-45)33-13-3-1-4-14-33/h1-32H. The zero-order chi connectivity index (χ0) is 48.7. The quantitative estimate of drug-likeness (QED) is 0.0907. The molecule has 12 aromatic rings. The van der Waals surface area contributed by atoms with Gasteiger partial charge in [-0.2, -0.15) is 13.2 Å². The van der Waals surface area contributed by atoms with E-state index in [4.69, 9.17) is 9.97 Å². The predicted molar refractivity (Wildman–Crippen MR) is 263 cm³/mol. The van der Waals surface area contributed by atoms with Gasteiger partial charge in [-0.3, -0.25) is 0 Å². The Hall–Kier alpha value is -8.90. The van der Waals surface area contributed by atoms with E-state index in [2.05, 4.69) is 0 Å². The van der Waals surface area contributed by atoms with Crippen molar-refractivity contribution in [2.45, 2.75) is 6.18 Å². The number of para-hydroxylation sites is 2. The lowest BCUT2D eigenvalue weighted by Gasteiger charge is -2.22. The fourth-order valence-corrected chi connectivity index (χ4v) is 9.73. The van der Waals surface area contributed by atoms with Gasteiger partial charge in [0.1, 0.15) is 0 Å². The molecule has 0 N–H and O–H groups in total. The topological polar surface area (TPSA) is 35.6 Å². The molecular weight excluding hydrogens is 917 g/mol. The number of benzene rings is 8. The van der Waals surface area contributed by atoms with Crippen LogP contribution in [0.2, 0.25) is 0 Å². The fraction of sp³-hybridized carbons (Fsp3) is 0.0169. The van der Waals surface area contributed by atoms with Crippen LogP contribution in [0.1, 0.15) is 5.56 Å². The Labute approximate surface area is 399 Å². The number of halogens is 8. The summed E-state index contributed by atoms with van der Waals surface area (Å²) in [6.07, 6.45) is -5.14. The molecule has 0 fully saturated rings. The molecule has 4 heterocycles. The number of hydrogen-bond acceptors (Lipinski definition) is 2. The molecular formula is C59H32F8N4. The number of rotatable bonds is 7. The Morgan fingerprint density at radius 1 is 0.324 bits per heavy atom. The first kappa shape index (κ1) is 43.4. The molecule has 0 aliphatic heterocycles. The van der Waals surface area contributed by atoms with Gasteiger partial charge in [0.25, 0.3) is 0 Å². The lowest BCUT2D eigenvalue weighted by Crippen LogP contribution is -2.14. The Balaban J connectivity index is 1.13. The van der Waals surface area contributed by atoms with E-state index >= 15 is 30.7 Å². The molecule has 0 spiro atoms. The van der Waals surface area contributed by atoms with E-state index < -0.39 is 63.3 Å². The molecule has 344 valence electrons. The van der Waals surface area contributed by atoms with Crippen molar-refractivity contribution in [2.75, 3.05) is 0 Å². The highest BCUT2D eigenvalue weighted by molar-refractivity contribution is 6.12. The van der Waals surface area contributed by atoms with Gasteiger partial charge in [0.15, 0.2) is 23.3 Å². The molecule has 0 atom stereocenters. The molecule has 0 unspecified atom stereocenters. The molecule has 0 aliphatic rings. The minimum absolute atomic E-state index is 0.269. The monoisotopic (exact) mass is 948 g/mol. The van der Waals surface area contributed by atoms with Crippen LogP contribution in [-0.2, 0) is 6.18 Å². The largest absolute Gasteiger partial charge is 0.418 e. The first-order valence-electron chi connectivity index (χ1n) is 22.3. The minimum Gasteiger partial charge on any atom is -0.309 e. The molecule has 0 saturated carbocycles. The van der Waals surface area contributed by atoms with E-state index in [1.54, 1.807) is 78.9 Å². The Bertz CT molecular complexity index is 4080. The Kier molecular flexibility index (Phi) is 10.2. The maximum Gasteiger partial charge on any atom is 0.418 e. The van der Waals surface area contributed by atoms with E-state index in [0.29, 0.717) is 61.0 Å². The van der Waals surface area contributed by atoms with Gasteiger partial charge in [-0.05, 0) is 72.8 Å². The van der Waals surface area contributed by atoms with Crippen LogP contribution in [0.3, 0.4) is 0 Å². The van der Waals surface area contributed by atoms with Crippen LogP contribution in [0.4, 0.5) is 35.1 Å². The summed E-state index contributed by atoms with van der Waals surface area (Å²) in [6.45, 7) is 0. The predicted octanol–water partition coefficient (Wildman–Crippen LogP) is 16.7. The van der Waals surface area contributed by atoms with Crippen molar-refractivity contribution in [2.24, 2.45) is 0 Å². The van der Waals surface area contributed by atoms with Crippen LogP contribution in [0.25, 0.3) is 111 Å². The van der Waals surface area contributed by atoms with Gasteiger partial charge < -0.3 is 9.13 Å². The second-order valence-electron chi connectivity index (χ2n) is 17.0. The molecule has 8 aromatic carbocycles. The first-order valence-corrected chi connectivity index (χ1v) is 22.3. The third-order valence-electron chi connectivity index (χ3n) is 13.0. The highest BCUT2D eigenvalue weighted by Crippen LogP contribution is 2.47. The van der Waals surface area contributed by atoms with E-state index in [9.17, 15) is 4.39 Å². The van der Waals surface area contributed by atoms with Crippen LogP contribution < -0.4 is 0 Å². The molecule has 71 heavy (non-hydrogen) atoms. The third kappa shape index (κ3) is 7.12. The molecule has 0 aliphatic carbocycles. The summed E-state index contributed by atoms with van der Waals surface area (Å²) in [5, 5.41) is 2.10. The molecule has 12 heteroatoms. The smallest absolute Gasteiger partial charge is 0.309 e. The van der Waals surface area contributed by atoms with Crippen molar-refractivity contribution in [3.8, 4) is 67.5 Å². The Morgan fingerprint density at radius 3 is 1.18 bits per heavy atom. The van der Waals surface area contributed by atoms with Crippen molar-refractivity contribution >= 4 is 43.6 Å². The summed E-state index contributed by atoms with van der Waals surface area (Å²) < 4.78 is 129. The number of pyridine rings is 2. The number of fused-ring (bicyclic) bond motifs is 6. The molecule has 12 rings (SSSR count). The van der Waals surface area contributed by atoms with E-state index in [1.165, 1.54) is 9.13 Å². The maximum absolute atomic E-state index is 16.4. The zero-order valence-electron chi connectivity index (χ0n) is 36.8. The van der Waals surface area contributed by atoms with Crippen LogP contribution in [-0.4, -0.2) is 19.1 Å². The van der Waals surface area contributed by atoms with Crippen molar-refractivity contribution < 1.29 is 35.1 Å². The summed E-state index contributed by atoms with van der Waals surface area (Å²) in [5.41, 5.74) is 2.36. The molecule has 0 radical (unpaired) electrons. The molecule has 0 amide bonds. The summed E-state index contributed by atoms with van der Waals surface area (Å²) in [5.74, 6) is -11.3. The fourth-order valence-electron chi connectivity index (χ4n) is 9.73. The van der Waals surface area contributed by atoms with Crippen molar-refractivity contribution in [3.05, 3.63) is 229 Å². The average Bonchev–Trinajstić information content (AvgIpc) is 3.92. The van der Waals surface area contributed by atoms with Crippen LogP contribution in [0.15, 0.2) is 194 Å². The van der Waals surface area contributed by atoms with Gasteiger partial charge in [0.05, 0.1) is 67.3 Å². The van der Waals surface area contributed by atoms with Gasteiger partial charge in [0, 0.05) is 49.4 Å². The third-order valence-corrected chi connectivity index (χ3v) is 13.0. The van der Waals surface area contributed by atoms with Crippen molar-refractivity contribution in [1.82, 2.24) is 19.1 Å². The van der Waals surface area contributed by atoms with E-state index in [1.807, 2.05) is 103 Å². The average molecular weight is 949 g/mol. The first-order chi connectivity index (χ1) is 34.4. The van der Waals surface area contributed by atoms with Gasteiger partial charge in [-0.15, -0.1) is 0 Å². The normalized spacial score (nSPS) is 11.9. The van der Waals surface area contributed by atoms with Crippen LogP contribution in [0, 0.1) is 29.1 Å². The molecule has 4 aromatic heterocycles. The van der Waals surface area contributed by atoms with Crippen LogP contribution >= 0.6 is 0 Å². The van der Waals surface area contributed by atoms with Gasteiger partial charge in [-0.1, -0.05) is 121 Å². The summed E-state index contributed by atoms with van der Waals surface area (Å²) in [7, 11) is 0. The second kappa shape index (κ2) is 16.7. The molecule has 4 nitrogen and oxygen atoms in total. The highest BCUT2D eigenvalue weighted by atomic mass is 19.4. The highest BCUT2D eigenvalue weighted by Gasteiger charge is 2.38. The SMILES string of the molecule is Fc1c(F)c(F)c(-c2cc(-n3c4ccccc4c4cc(-c5cccc(-c6ccccc6)n5)ccc43)c(C(F)(F)F)cc2-n2c3ccccc3c3cc(-c4cccc(-c5ccccc5)n4)ccc32)c(F)c1F. The lowest BCUT2D eigenvalue weighted by atomic mass is 9.97. The Morgan fingerprint density at radius 2 is 0.718 bits per heavy atom. The molecule has 0 saturated heterocycles. The maximum atomic E-state index is 16.4. The van der Waals surface area contributed by atoms with Crippen molar-refractivity contribution in [1.29, 1.82) is 0 Å². The summed E-state index contributed by atoms with van der Waals surface area (Å²) in [4.78, 5) is 9.78. The van der Waals surface area contributed by atoms with Gasteiger partial charge in [0.2, 0.25) is 5.82 Å². The van der Waals surface area contributed by atoms with E-state index in [0.717, 1.165) is 23.3 Å². The molecule has 0 bridgehead atoms. The minimum atomic E-state index is -5.14. The van der Waals surface area contributed by atoms with Gasteiger partial charge >= 0.3 is 6.18 Å². The number of hydrogen-bond donors (Lipinski definition) is 0. The van der Waals surface area contributed by atoms with Crippen LogP contribution in [0.5, 0.6) is 0 Å². The van der Waals surface area contributed by atoms with Crippen molar-refractivity contribution in [3.63, 3.8) is 0 Å². The summed E-state index contributed by atoms with van der Waals surface area (Å²) in [6, 6.07) is 55.5.